The number of ether oxygens (including phenoxy) is 1. The third-order valence-electron chi connectivity index (χ3n) is 7.93. The summed E-state index contributed by atoms with van der Waals surface area (Å²) < 4.78 is 4.91. The number of halogens is 1. The summed E-state index contributed by atoms with van der Waals surface area (Å²) >= 11 is 6.35. The summed E-state index contributed by atoms with van der Waals surface area (Å²) in [4.78, 5) is 55.7. The summed E-state index contributed by atoms with van der Waals surface area (Å²) in [5, 5.41) is 6.84. The molecule has 0 bridgehead atoms. The van der Waals surface area contributed by atoms with E-state index in [9.17, 15) is 19.2 Å². The first-order chi connectivity index (χ1) is 18.3. The fourth-order valence-corrected chi connectivity index (χ4v) is 6.38. The summed E-state index contributed by atoms with van der Waals surface area (Å²) in [6.45, 7) is 1.80. The van der Waals surface area contributed by atoms with E-state index in [1.807, 2.05) is 30.3 Å². The van der Waals surface area contributed by atoms with Crippen molar-refractivity contribution >= 4 is 46.7 Å². The van der Waals surface area contributed by atoms with E-state index in [1.54, 1.807) is 37.3 Å². The van der Waals surface area contributed by atoms with Gasteiger partial charge in [0.05, 0.1) is 35.9 Å². The summed E-state index contributed by atoms with van der Waals surface area (Å²) in [6.07, 6.45) is 0.421. The largest absolute Gasteiger partial charge is 0.465 e. The Labute approximate surface area is 223 Å². The van der Waals surface area contributed by atoms with Gasteiger partial charge in [0.25, 0.3) is 0 Å². The van der Waals surface area contributed by atoms with E-state index in [0.29, 0.717) is 28.3 Å². The molecule has 3 aromatic carbocycles. The minimum atomic E-state index is -1.48. The van der Waals surface area contributed by atoms with Crippen LogP contribution in [0.1, 0.15) is 27.0 Å². The maximum Gasteiger partial charge on any atom is 0.339 e. The fraction of sp³-hybridized carbons (Fsp3) is 0.241. The van der Waals surface area contributed by atoms with Gasteiger partial charge in [-0.1, -0.05) is 60.1 Å². The molecule has 6 rings (SSSR count). The van der Waals surface area contributed by atoms with E-state index in [2.05, 4.69) is 10.6 Å². The van der Waals surface area contributed by atoms with Crippen LogP contribution in [0.15, 0.2) is 66.7 Å². The highest BCUT2D eigenvalue weighted by molar-refractivity contribution is 6.32. The predicted molar refractivity (Wildman–Crippen MR) is 141 cm³/mol. The molecule has 2 fully saturated rings. The van der Waals surface area contributed by atoms with Crippen molar-refractivity contribution in [3.05, 3.63) is 94.0 Å². The molecule has 2 saturated heterocycles. The molecule has 0 unspecified atom stereocenters. The molecule has 3 heterocycles. The molecule has 3 aromatic rings. The summed E-state index contributed by atoms with van der Waals surface area (Å²) in [7, 11) is 1.24. The summed E-state index contributed by atoms with van der Waals surface area (Å²) in [5.74, 6) is -3.96. The quantitative estimate of drug-likeness (QED) is 0.395. The van der Waals surface area contributed by atoms with Crippen LogP contribution in [0.25, 0.3) is 0 Å². The normalized spacial score (nSPS) is 25.5. The van der Waals surface area contributed by atoms with Gasteiger partial charge in [-0.3, -0.25) is 19.7 Å². The van der Waals surface area contributed by atoms with E-state index in [0.717, 1.165) is 10.5 Å². The Kier molecular flexibility index (Phi) is 5.63. The highest BCUT2D eigenvalue weighted by atomic mass is 35.5. The van der Waals surface area contributed by atoms with E-state index < -0.39 is 47.1 Å². The Hall–Kier alpha value is -4.01. The van der Waals surface area contributed by atoms with Crippen molar-refractivity contribution in [3.63, 3.8) is 0 Å². The van der Waals surface area contributed by atoms with Gasteiger partial charge in [-0.05, 0) is 42.7 Å². The molecule has 3 aliphatic heterocycles. The molecule has 9 heteroatoms. The third kappa shape index (κ3) is 3.27. The Balaban J connectivity index is 1.53. The number of hydrogen-bond acceptors (Lipinski definition) is 6. The second-order valence-electron chi connectivity index (χ2n) is 9.82. The lowest BCUT2D eigenvalue weighted by molar-refractivity contribution is -0.130. The molecule has 2 N–H and O–H groups in total. The van der Waals surface area contributed by atoms with Crippen LogP contribution >= 0.6 is 11.6 Å². The number of carbonyl (C=O) groups is 4. The number of anilines is 2. The molecule has 0 aromatic heterocycles. The van der Waals surface area contributed by atoms with Gasteiger partial charge < -0.3 is 10.1 Å². The molecular formula is C29H24ClN3O5. The third-order valence-corrected chi connectivity index (χ3v) is 8.34. The lowest BCUT2D eigenvalue weighted by Gasteiger charge is -2.30. The van der Waals surface area contributed by atoms with Crippen LogP contribution in [0.3, 0.4) is 0 Å². The smallest absolute Gasteiger partial charge is 0.339 e. The Morgan fingerprint density at radius 3 is 2.45 bits per heavy atom. The van der Waals surface area contributed by atoms with Crippen molar-refractivity contribution in [3.8, 4) is 0 Å². The SMILES string of the molecule is COC(=O)c1ccccc1N1C(=O)[C@@H]2[C@H](Cc3ccccc3)N[C@@]3(C(=O)Nc4c3ccc(Cl)c4C)[C@H]2C1=O. The minimum Gasteiger partial charge on any atom is -0.465 e. The Morgan fingerprint density at radius 1 is 1.00 bits per heavy atom. The van der Waals surface area contributed by atoms with Gasteiger partial charge in [0, 0.05) is 16.6 Å². The number of rotatable bonds is 4. The molecule has 0 aliphatic carbocycles. The van der Waals surface area contributed by atoms with Crippen LogP contribution in [0.4, 0.5) is 11.4 Å². The number of carbonyl (C=O) groups excluding carboxylic acids is 4. The molecule has 0 saturated carbocycles. The molecule has 4 atom stereocenters. The average molecular weight is 530 g/mol. The monoisotopic (exact) mass is 529 g/mol. The maximum atomic E-state index is 14.2. The highest BCUT2D eigenvalue weighted by Crippen LogP contribution is 2.55. The van der Waals surface area contributed by atoms with E-state index >= 15 is 0 Å². The number of hydrogen-bond donors (Lipinski definition) is 2. The molecule has 0 radical (unpaired) electrons. The lowest BCUT2D eigenvalue weighted by Crippen LogP contribution is -2.53. The zero-order valence-corrected chi connectivity index (χ0v) is 21.4. The zero-order chi connectivity index (χ0) is 26.8. The number of nitrogens with one attached hydrogen (secondary N) is 2. The maximum absolute atomic E-state index is 14.2. The zero-order valence-electron chi connectivity index (χ0n) is 20.7. The standard InChI is InChI=1S/C29H24ClN3O5/c1-15-19(30)13-12-18-24(15)31-28(37)29(18)23-22(20(32-29)14-16-8-4-3-5-9-16)25(34)33(26(23)35)21-11-7-6-10-17(21)27(36)38-2/h3-13,20,22-23,32H,14H2,1-2H3,(H,31,37)/t20-,22+,23+,29+/m0/s1. The summed E-state index contributed by atoms with van der Waals surface area (Å²) in [5.41, 5.74) is 1.53. The average Bonchev–Trinajstić information content (AvgIpc) is 3.50. The molecule has 1 spiro atoms. The van der Waals surface area contributed by atoms with Gasteiger partial charge in [-0.25, -0.2) is 9.69 Å². The second kappa shape index (κ2) is 8.79. The molecule has 3 aliphatic rings. The van der Waals surface area contributed by atoms with Crippen molar-refractivity contribution in [1.29, 1.82) is 0 Å². The van der Waals surface area contributed by atoms with Crippen LogP contribution in [0.2, 0.25) is 5.02 Å². The van der Waals surface area contributed by atoms with Gasteiger partial charge in [0.2, 0.25) is 17.7 Å². The van der Waals surface area contributed by atoms with Crippen LogP contribution < -0.4 is 15.5 Å². The predicted octanol–water partition coefficient (Wildman–Crippen LogP) is 3.60. The Bertz CT molecular complexity index is 1520. The first kappa shape index (κ1) is 24.3. The van der Waals surface area contributed by atoms with Gasteiger partial charge >= 0.3 is 5.97 Å². The number of fused-ring (bicyclic) bond motifs is 4. The molecular weight excluding hydrogens is 506 g/mol. The van der Waals surface area contributed by atoms with Crippen molar-refractivity contribution in [1.82, 2.24) is 5.32 Å². The van der Waals surface area contributed by atoms with Crippen molar-refractivity contribution < 1.29 is 23.9 Å². The molecule has 8 nitrogen and oxygen atoms in total. The van der Waals surface area contributed by atoms with Crippen LogP contribution in [-0.4, -0.2) is 36.8 Å². The van der Waals surface area contributed by atoms with Crippen LogP contribution in [-0.2, 0) is 31.1 Å². The van der Waals surface area contributed by atoms with E-state index in [4.69, 9.17) is 16.3 Å². The number of amides is 3. The van der Waals surface area contributed by atoms with Crippen molar-refractivity contribution in [2.45, 2.75) is 24.9 Å². The number of para-hydroxylation sites is 1. The van der Waals surface area contributed by atoms with Crippen LogP contribution in [0, 0.1) is 18.8 Å². The fourth-order valence-electron chi connectivity index (χ4n) is 6.22. The number of benzene rings is 3. The summed E-state index contributed by atoms with van der Waals surface area (Å²) in [6, 6.07) is 18.8. The first-order valence-corrected chi connectivity index (χ1v) is 12.6. The van der Waals surface area contributed by atoms with Gasteiger partial charge in [-0.15, -0.1) is 0 Å². The van der Waals surface area contributed by atoms with Crippen molar-refractivity contribution in [2.24, 2.45) is 11.8 Å². The number of imide groups is 1. The molecule has 38 heavy (non-hydrogen) atoms. The number of nitrogens with zero attached hydrogens (tertiary/aromatic N) is 1. The number of esters is 1. The van der Waals surface area contributed by atoms with Crippen LogP contribution in [0.5, 0.6) is 0 Å². The number of methoxy groups -OCH3 is 1. The highest BCUT2D eigenvalue weighted by Gasteiger charge is 2.70. The second-order valence-corrected chi connectivity index (χ2v) is 10.2. The van der Waals surface area contributed by atoms with E-state index in [-0.39, 0.29) is 11.3 Å². The van der Waals surface area contributed by atoms with E-state index in [1.165, 1.54) is 13.2 Å². The van der Waals surface area contributed by atoms with Crippen molar-refractivity contribution in [2.75, 3.05) is 17.3 Å². The topological polar surface area (TPSA) is 105 Å². The molecule has 192 valence electrons. The van der Waals surface area contributed by atoms with Gasteiger partial charge in [-0.2, -0.15) is 0 Å². The van der Waals surface area contributed by atoms with Gasteiger partial charge in [0.1, 0.15) is 5.54 Å². The molecule has 3 amide bonds. The lowest BCUT2D eigenvalue weighted by atomic mass is 9.76. The minimum absolute atomic E-state index is 0.0946. The Morgan fingerprint density at radius 2 is 1.71 bits per heavy atom. The first-order valence-electron chi connectivity index (χ1n) is 12.3. The van der Waals surface area contributed by atoms with Gasteiger partial charge in [0.15, 0.2) is 0 Å².